The van der Waals surface area contributed by atoms with Crippen LogP contribution in [-0.2, 0) is 54.4 Å². The molecule has 121 valence electrons. The topological polar surface area (TPSA) is 60.7 Å². The second-order valence-corrected chi connectivity index (χ2v) is 3.64. The third-order valence-corrected chi connectivity index (χ3v) is 1.48. The minimum atomic E-state index is 0. The van der Waals surface area contributed by atoms with Crippen LogP contribution in [0.2, 0.25) is 0 Å². The Morgan fingerprint density at radius 3 is 1.33 bits per heavy atom. The molecule has 0 saturated heterocycles. The molecular weight excluding hydrogens is 377 g/mol. The maximum atomic E-state index is 7.88. The molecule has 1 radical (unpaired) electrons. The van der Waals surface area contributed by atoms with Gasteiger partial charge in [0.1, 0.15) is 0 Å². The van der Waals surface area contributed by atoms with E-state index >= 15 is 0 Å². The Morgan fingerprint density at radius 1 is 0.905 bits per heavy atom. The summed E-state index contributed by atoms with van der Waals surface area (Å²) in [5.41, 5.74) is 1.17. The van der Waals surface area contributed by atoms with Crippen LogP contribution in [-0.4, -0.2) is 35.1 Å². The Balaban J connectivity index is -0.0000000549. The molecule has 0 atom stereocenters. The molecule has 0 amide bonds. The van der Waals surface area contributed by atoms with Crippen molar-refractivity contribution in [2.24, 2.45) is 0 Å². The fourth-order valence-electron chi connectivity index (χ4n) is 0.425. The first-order chi connectivity index (χ1) is 9.14. The predicted octanol–water partition coefficient (Wildman–Crippen LogP) is 2.76. The van der Waals surface area contributed by atoms with Gasteiger partial charge in [0.2, 0.25) is 0 Å². The van der Waals surface area contributed by atoms with Crippen molar-refractivity contribution in [2.75, 3.05) is 19.8 Å². The standard InChI is InChI=1S/C7H6.3C3H8O.Ti.Y/c1-7-5-3-2-4-6-7;3*1-2-3-4;;/h3-5H,1H3;3*4H,2-3H2,1H3;;/q-2;;;;;. The third kappa shape index (κ3) is 52.7. The van der Waals surface area contributed by atoms with Gasteiger partial charge in [-0.05, 0) is 19.3 Å². The average molecular weight is 407 g/mol. The first-order valence-corrected chi connectivity index (χ1v) is 6.81. The molecule has 0 fully saturated rings. The van der Waals surface area contributed by atoms with Crippen molar-refractivity contribution in [1.29, 1.82) is 0 Å². The third-order valence-electron chi connectivity index (χ3n) is 1.48. The Kier molecular flexibility index (Phi) is 59.5. The van der Waals surface area contributed by atoms with E-state index in [2.05, 4.69) is 12.1 Å². The van der Waals surface area contributed by atoms with Gasteiger partial charge in [-0.1, -0.05) is 27.7 Å². The molecule has 1 aromatic carbocycles. The second-order valence-electron chi connectivity index (χ2n) is 3.64. The first kappa shape index (κ1) is 33.5. The molecule has 1 aromatic rings. The van der Waals surface area contributed by atoms with E-state index < -0.39 is 0 Å². The summed E-state index contributed by atoms with van der Waals surface area (Å²) in [6, 6.07) is 11.5. The van der Waals surface area contributed by atoms with Crippen LogP contribution in [0.25, 0.3) is 0 Å². The zero-order valence-corrected chi connectivity index (χ0v) is 18.3. The van der Waals surface area contributed by atoms with Crippen molar-refractivity contribution in [2.45, 2.75) is 47.0 Å². The molecule has 5 heteroatoms. The van der Waals surface area contributed by atoms with Crippen LogP contribution in [0.15, 0.2) is 18.2 Å². The maximum absolute atomic E-state index is 7.88. The van der Waals surface area contributed by atoms with E-state index in [0.29, 0.717) is 19.8 Å². The van der Waals surface area contributed by atoms with Crippen LogP contribution in [0, 0.1) is 19.1 Å². The Bertz CT molecular complexity index is 209. The number of benzene rings is 1. The van der Waals surface area contributed by atoms with Crippen molar-refractivity contribution in [3.05, 3.63) is 35.9 Å². The van der Waals surface area contributed by atoms with Gasteiger partial charge in [0.05, 0.1) is 0 Å². The number of aryl methyl sites for hydroxylation is 1. The van der Waals surface area contributed by atoms with Gasteiger partial charge in [0.15, 0.2) is 0 Å². The monoisotopic (exact) mass is 407 g/mol. The van der Waals surface area contributed by atoms with Gasteiger partial charge in [-0.2, -0.15) is 0 Å². The second kappa shape index (κ2) is 37.3. The molecule has 0 aliphatic heterocycles. The van der Waals surface area contributed by atoms with E-state index in [-0.39, 0.29) is 54.4 Å². The van der Waals surface area contributed by atoms with E-state index in [0.717, 1.165) is 19.3 Å². The SMILES string of the molecule is CCCO.CCCO.CCCO.Cc1[c-]c[c-]cc1.[Ti].[Y]. The molecule has 3 N–H and O–H groups in total. The summed E-state index contributed by atoms with van der Waals surface area (Å²) in [4.78, 5) is 0. The number of hydrogen-bond donors (Lipinski definition) is 3. The predicted molar refractivity (Wildman–Crippen MR) is 81.0 cm³/mol. The quantitative estimate of drug-likeness (QED) is 0.534. The van der Waals surface area contributed by atoms with Crippen molar-refractivity contribution in [3.8, 4) is 0 Å². The average Bonchev–Trinajstić information content (AvgIpc) is 2.48. The fourth-order valence-corrected chi connectivity index (χ4v) is 0.425. The van der Waals surface area contributed by atoms with E-state index in [1.807, 2.05) is 39.8 Å². The zero-order chi connectivity index (χ0) is 15.4. The van der Waals surface area contributed by atoms with Crippen LogP contribution in [0.4, 0.5) is 0 Å². The van der Waals surface area contributed by atoms with Gasteiger partial charge in [-0.15, -0.1) is 0 Å². The zero-order valence-electron chi connectivity index (χ0n) is 13.9. The summed E-state index contributed by atoms with van der Waals surface area (Å²) in [5.74, 6) is 0. The minimum Gasteiger partial charge on any atom is -0.396 e. The van der Waals surface area contributed by atoms with E-state index in [1.54, 1.807) is 6.07 Å². The molecule has 21 heavy (non-hydrogen) atoms. The summed E-state index contributed by atoms with van der Waals surface area (Å²) in [6.45, 7) is 8.76. The van der Waals surface area contributed by atoms with Gasteiger partial charge in [0.25, 0.3) is 0 Å². The van der Waals surface area contributed by atoms with Gasteiger partial charge in [-0.25, -0.2) is 0 Å². The maximum Gasteiger partial charge on any atom is 0.0428 e. The van der Waals surface area contributed by atoms with Crippen molar-refractivity contribution >= 4 is 0 Å². The van der Waals surface area contributed by atoms with Gasteiger partial charge < -0.3 is 33.5 Å². The van der Waals surface area contributed by atoms with Crippen molar-refractivity contribution in [1.82, 2.24) is 0 Å². The van der Waals surface area contributed by atoms with Crippen LogP contribution in [0.3, 0.4) is 0 Å². The molecule has 0 aliphatic carbocycles. The van der Waals surface area contributed by atoms with Crippen LogP contribution in [0.5, 0.6) is 0 Å². The summed E-state index contributed by atoms with van der Waals surface area (Å²) in [5, 5.41) is 23.6. The smallest absolute Gasteiger partial charge is 0.0428 e. The van der Waals surface area contributed by atoms with E-state index in [9.17, 15) is 0 Å². The number of rotatable bonds is 3. The van der Waals surface area contributed by atoms with Crippen molar-refractivity contribution < 1.29 is 69.7 Å². The largest absolute Gasteiger partial charge is 0.396 e. The molecule has 3 nitrogen and oxygen atoms in total. The minimum absolute atomic E-state index is 0. The molecular formula is C16H30O3TiY-2. The Morgan fingerprint density at radius 2 is 1.24 bits per heavy atom. The molecule has 0 aliphatic rings. The van der Waals surface area contributed by atoms with Gasteiger partial charge in [0, 0.05) is 74.2 Å². The first-order valence-electron chi connectivity index (χ1n) is 6.81. The fraction of sp³-hybridized carbons (Fsp3) is 0.625. The molecule has 0 heterocycles. The van der Waals surface area contributed by atoms with Crippen LogP contribution in [0.1, 0.15) is 45.6 Å². The van der Waals surface area contributed by atoms with E-state index in [1.165, 1.54) is 5.56 Å². The summed E-state index contributed by atoms with van der Waals surface area (Å²) in [6.07, 6.45) is 2.62. The summed E-state index contributed by atoms with van der Waals surface area (Å²) < 4.78 is 0. The number of aliphatic hydroxyl groups excluding tert-OH is 3. The van der Waals surface area contributed by atoms with Crippen LogP contribution < -0.4 is 0 Å². The molecule has 0 saturated carbocycles. The molecule has 0 spiro atoms. The number of hydrogen-bond acceptors (Lipinski definition) is 3. The molecule has 0 bridgehead atoms. The van der Waals surface area contributed by atoms with Crippen LogP contribution >= 0.6 is 0 Å². The summed E-state index contributed by atoms with van der Waals surface area (Å²) in [7, 11) is 0. The van der Waals surface area contributed by atoms with E-state index in [4.69, 9.17) is 15.3 Å². The molecule has 1 rings (SSSR count). The Labute approximate surface area is 171 Å². The normalized spacial score (nSPS) is 7.19. The van der Waals surface area contributed by atoms with Crippen molar-refractivity contribution in [3.63, 3.8) is 0 Å². The van der Waals surface area contributed by atoms with Gasteiger partial charge in [-0.3, -0.25) is 17.7 Å². The Hall–Kier alpha value is 0.918. The molecule has 0 aromatic heterocycles. The number of aliphatic hydroxyl groups is 3. The molecule has 0 unspecified atom stereocenters. The summed E-state index contributed by atoms with van der Waals surface area (Å²) >= 11 is 0. The van der Waals surface area contributed by atoms with Gasteiger partial charge >= 0.3 is 0 Å².